The van der Waals surface area contributed by atoms with Crippen molar-refractivity contribution < 1.29 is 9.53 Å². The summed E-state index contributed by atoms with van der Waals surface area (Å²) in [5.41, 5.74) is 3.78. The van der Waals surface area contributed by atoms with Crippen LogP contribution in [0.4, 0.5) is 0 Å². The van der Waals surface area contributed by atoms with E-state index in [0.29, 0.717) is 29.7 Å². The van der Waals surface area contributed by atoms with Crippen LogP contribution in [0, 0.1) is 20.8 Å². The van der Waals surface area contributed by atoms with Crippen LogP contribution in [-0.2, 0) is 16.1 Å². The second kappa shape index (κ2) is 7.71. The summed E-state index contributed by atoms with van der Waals surface area (Å²) < 4.78 is 7.69. The van der Waals surface area contributed by atoms with E-state index in [-0.39, 0.29) is 18.0 Å². The highest BCUT2D eigenvalue weighted by Gasteiger charge is 2.16. The van der Waals surface area contributed by atoms with E-state index in [9.17, 15) is 9.59 Å². The molecule has 8 heteroatoms. The molecule has 2 aromatic heterocycles. The minimum Gasteiger partial charge on any atom is -0.383 e. The van der Waals surface area contributed by atoms with Gasteiger partial charge < -0.3 is 10.1 Å². The minimum atomic E-state index is -0.354. The topological polar surface area (TPSA) is 91.0 Å². The Morgan fingerprint density at radius 1 is 1.22 bits per heavy atom. The van der Waals surface area contributed by atoms with E-state index in [1.165, 1.54) is 4.68 Å². The lowest BCUT2D eigenvalue weighted by atomic mass is 10.1. The first-order valence-electron chi connectivity index (χ1n) is 8.71. The molecule has 0 unspecified atom stereocenters. The lowest BCUT2D eigenvalue weighted by Gasteiger charge is -2.10. The van der Waals surface area contributed by atoms with Crippen LogP contribution in [0.25, 0.3) is 16.6 Å². The predicted molar refractivity (Wildman–Crippen MR) is 102 cm³/mol. The molecule has 0 aliphatic heterocycles. The number of amides is 1. The van der Waals surface area contributed by atoms with Gasteiger partial charge in [-0.15, -0.1) is 0 Å². The lowest BCUT2D eigenvalue weighted by molar-refractivity contribution is -0.122. The maximum absolute atomic E-state index is 13.0. The van der Waals surface area contributed by atoms with Gasteiger partial charge in [-0.1, -0.05) is 6.07 Å². The van der Waals surface area contributed by atoms with E-state index < -0.39 is 0 Å². The normalized spacial score (nSPS) is 11.1. The molecular weight excluding hydrogens is 346 g/mol. The fraction of sp³-hybridized carbons (Fsp3) is 0.368. The summed E-state index contributed by atoms with van der Waals surface area (Å²) in [6, 6.07) is 5.90. The van der Waals surface area contributed by atoms with E-state index in [1.54, 1.807) is 24.9 Å². The smallest absolute Gasteiger partial charge is 0.293 e. The molecule has 2 heterocycles. The van der Waals surface area contributed by atoms with Gasteiger partial charge in [0.1, 0.15) is 12.1 Å². The van der Waals surface area contributed by atoms with Gasteiger partial charge in [0.15, 0.2) is 0 Å². The Morgan fingerprint density at radius 3 is 2.70 bits per heavy atom. The fourth-order valence-electron chi connectivity index (χ4n) is 2.87. The van der Waals surface area contributed by atoms with Crippen LogP contribution < -0.4 is 10.9 Å². The Labute approximate surface area is 156 Å². The van der Waals surface area contributed by atoms with Crippen LogP contribution in [0.3, 0.4) is 0 Å². The summed E-state index contributed by atoms with van der Waals surface area (Å²) in [5.74, 6) is -0.294. The van der Waals surface area contributed by atoms with E-state index in [1.807, 2.05) is 32.0 Å². The summed E-state index contributed by atoms with van der Waals surface area (Å²) in [6.45, 7) is 6.48. The highest BCUT2D eigenvalue weighted by atomic mass is 16.5. The van der Waals surface area contributed by atoms with Crippen LogP contribution in [0.1, 0.15) is 16.8 Å². The summed E-state index contributed by atoms with van der Waals surface area (Å²) in [7, 11) is 1.56. The molecule has 0 spiro atoms. The third-order valence-electron chi connectivity index (χ3n) is 4.52. The number of aromatic nitrogens is 4. The average Bonchev–Trinajstić information content (AvgIpc) is 3.08. The number of nitrogens with zero attached hydrogens (tertiary/aromatic N) is 4. The van der Waals surface area contributed by atoms with Crippen molar-refractivity contribution in [1.82, 2.24) is 24.9 Å². The number of nitrogens with one attached hydrogen (secondary N) is 1. The van der Waals surface area contributed by atoms with Crippen LogP contribution in [0.15, 0.2) is 29.2 Å². The lowest BCUT2D eigenvalue weighted by Crippen LogP contribution is -2.35. The third kappa shape index (κ3) is 3.75. The molecule has 0 bridgehead atoms. The minimum absolute atomic E-state index is 0.155. The molecular formula is C19H23N5O3. The largest absolute Gasteiger partial charge is 0.383 e. The number of aryl methyl sites for hydroxylation is 3. The zero-order chi connectivity index (χ0) is 19.6. The van der Waals surface area contributed by atoms with Crippen LogP contribution in [-0.4, -0.2) is 45.7 Å². The van der Waals surface area contributed by atoms with E-state index in [4.69, 9.17) is 4.74 Å². The molecule has 0 aliphatic carbocycles. The second-order valence-electron chi connectivity index (χ2n) is 6.48. The summed E-state index contributed by atoms with van der Waals surface area (Å²) in [5, 5.41) is 12.0. The molecule has 0 fully saturated rings. The van der Waals surface area contributed by atoms with Gasteiger partial charge in [0.2, 0.25) is 5.91 Å². The predicted octanol–water partition coefficient (Wildman–Crippen LogP) is 1.27. The molecule has 142 valence electrons. The van der Waals surface area contributed by atoms with Gasteiger partial charge in [0.05, 0.1) is 24.2 Å². The Kier molecular flexibility index (Phi) is 5.36. The Balaban J connectivity index is 2.03. The molecule has 0 saturated heterocycles. The molecule has 0 saturated carbocycles. The Hall–Kier alpha value is -3.00. The quantitative estimate of drug-likeness (QED) is 0.661. The van der Waals surface area contributed by atoms with Crippen molar-refractivity contribution in [1.29, 1.82) is 0 Å². The number of rotatable bonds is 6. The molecule has 1 aromatic carbocycles. The summed E-state index contributed by atoms with van der Waals surface area (Å²) in [4.78, 5) is 25.1. The van der Waals surface area contributed by atoms with Gasteiger partial charge in [-0.05, 0) is 44.0 Å². The second-order valence-corrected chi connectivity index (χ2v) is 6.48. The third-order valence-corrected chi connectivity index (χ3v) is 4.52. The van der Waals surface area contributed by atoms with Crippen molar-refractivity contribution in [3.63, 3.8) is 0 Å². The standard InChI is InChI=1S/C19H23N5O3/c1-12-5-6-15(9-13(12)2)24-18-16(10-21-24)14(3)22-23(19(18)26)11-17(25)20-7-8-27-4/h5-6,9-10H,7-8,11H2,1-4H3,(H,20,25). The molecule has 0 aliphatic rings. The fourth-order valence-corrected chi connectivity index (χ4v) is 2.87. The van der Waals surface area contributed by atoms with Gasteiger partial charge in [-0.2, -0.15) is 10.2 Å². The van der Waals surface area contributed by atoms with Gasteiger partial charge >= 0.3 is 0 Å². The van der Waals surface area contributed by atoms with Crippen molar-refractivity contribution in [3.8, 4) is 5.69 Å². The number of carbonyl (C=O) groups is 1. The highest BCUT2D eigenvalue weighted by Crippen LogP contribution is 2.19. The van der Waals surface area contributed by atoms with Crippen molar-refractivity contribution in [2.75, 3.05) is 20.3 Å². The number of fused-ring (bicyclic) bond motifs is 1. The molecule has 1 amide bonds. The van der Waals surface area contributed by atoms with Crippen LogP contribution in [0.5, 0.6) is 0 Å². The zero-order valence-corrected chi connectivity index (χ0v) is 15.9. The molecule has 27 heavy (non-hydrogen) atoms. The first-order valence-corrected chi connectivity index (χ1v) is 8.71. The van der Waals surface area contributed by atoms with Gasteiger partial charge in [0.25, 0.3) is 5.56 Å². The van der Waals surface area contributed by atoms with Crippen molar-refractivity contribution in [2.45, 2.75) is 27.3 Å². The molecule has 3 aromatic rings. The zero-order valence-electron chi connectivity index (χ0n) is 15.9. The number of methoxy groups -OCH3 is 1. The number of hydrogen-bond donors (Lipinski definition) is 1. The Bertz CT molecular complexity index is 1050. The first-order chi connectivity index (χ1) is 12.9. The SMILES string of the molecule is COCCNC(=O)Cn1nc(C)c2cnn(-c3ccc(C)c(C)c3)c2c1=O. The van der Waals surface area contributed by atoms with Crippen molar-refractivity contribution >= 4 is 16.8 Å². The number of ether oxygens (including phenoxy) is 1. The summed E-state index contributed by atoms with van der Waals surface area (Å²) in [6.07, 6.45) is 1.64. The maximum atomic E-state index is 13.0. The molecule has 1 N–H and O–H groups in total. The van der Waals surface area contributed by atoms with E-state index in [2.05, 4.69) is 15.5 Å². The summed E-state index contributed by atoms with van der Waals surface area (Å²) >= 11 is 0. The molecule has 0 atom stereocenters. The molecule has 8 nitrogen and oxygen atoms in total. The monoisotopic (exact) mass is 369 g/mol. The maximum Gasteiger partial charge on any atom is 0.293 e. The van der Waals surface area contributed by atoms with Gasteiger partial charge in [-0.3, -0.25) is 9.59 Å². The number of hydrogen-bond acceptors (Lipinski definition) is 5. The van der Waals surface area contributed by atoms with Crippen LogP contribution >= 0.6 is 0 Å². The van der Waals surface area contributed by atoms with Gasteiger partial charge in [-0.25, -0.2) is 9.36 Å². The number of benzene rings is 1. The van der Waals surface area contributed by atoms with Crippen molar-refractivity contribution in [3.05, 3.63) is 51.6 Å². The molecule has 3 rings (SSSR count). The Morgan fingerprint density at radius 2 is 2.00 bits per heavy atom. The average molecular weight is 369 g/mol. The molecule has 0 radical (unpaired) electrons. The van der Waals surface area contributed by atoms with Crippen LogP contribution in [0.2, 0.25) is 0 Å². The number of carbonyl (C=O) groups excluding carboxylic acids is 1. The van der Waals surface area contributed by atoms with E-state index >= 15 is 0 Å². The van der Waals surface area contributed by atoms with Crippen molar-refractivity contribution in [2.24, 2.45) is 0 Å². The van der Waals surface area contributed by atoms with E-state index in [0.717, 1.165) is 16.8 Å². The van der Waals surface area contributed by atoms with Gasteiger partial charge in [0, 0.05) is 19.0 Å². The highest BCUT2D eigenvalue weighted by molar-refractivity contribution is 5.82. The first kappa shape index (κ1) is 18.8.